The average Bonchev–Trinajstić information content (AvgIpc) is 3.17. The molecule has 0 saturated heterocycles. The lowest BCUT2D eigenvalue weighted by Crippen LogP contribution is -2.39. The summed E-state index contributed by atoms with van der Waals surface area (Å²) in [6.45, 7) is 10.2. The highest BCUT2D eigenvalue weighted by Gasteiger charge is 2.31. The van der Waals surface area contributed by atoms with E-state index < -0.39 is 11.6 Å². The van der Waals surface area contributed by atoms with Gasteiger partial charge in [-0.25, -0.2) is 9.78 Å². The summed E-state index contributed by atoms with van der Waals surface area (Å²) in [7, 11) is 0. The monoisotopic (exact) mass is 456 g/mol. The Morgan fingerprint density at radius 2 is 1.85 bits per heavy atom. The maximum Gasteiger partial charge on any atom is 0.349 e. The van der Waals surface area contributed by atoms with E-state index in [-0.39, 0.29) is 5.56 Å². The zero-order chi connectivity index (χ0) is 24.0. The minimum Gasteiger partial charge on any atom is -0.494 e. The molecule has 178 valence electrons. The molecule has 0 aliphatic heterocycles. The summed E-state index contributed by atoms with van der Waals surface area (Å²) in [5.74, 6) is 1.47. The number of aromatic nitrogens is 4. The Kier molecular flexibility index (Phi) is 7.73. The first-order chi connectivity index (χ1) is 15.8. The van der Waals surface area contributed by atoms with Crippen LogP contribution in [0.1, 0.15) is 52.1 Å². The highest BCUT2D eigenvalue weighted by atomic mass is 16.6. The third-order valence-corrected chi connectivity index (χ3v) is 5.18. The van der Waals surface area contributed by atoms with Crippen LogP contribution in [0.2, 0.25) is 0 Å². The van der Waals surface area contributed by atoms with E-state index in [1.807, 2.05) is 6.92 Å². The number of nitrogens with zero attached hydrogens (tertiary/aromatic N) is 3. The molecule has 2 heterocycles. The van der Waals surface area contributed by atoms with Gasteiger partial charge < -0.3 is 14.2 Å². The highest BCUT2D eigenvalue weighted by molar-refractivity contribution is 5.79. The number of hydrogen-bond donors (Lipinski definition) is 1. The van der Waals surface area contributed by atoms with E-state index in [4.69, 9.17) is 14.2 Å². The molecule has 0 aliphatic carbocycles. The fraction of sp³-hybridized carbons (Fsp3) is 0.500. The number of esters is 1. The molecule has 2 aromatic heterocycles. The summed E-state index contributed by atoms with van der Waals surface area (Å²) in [5.41, 5.74) is 0.760. The molecule has 9 heteroatoms. The molecule has 3 aromatic rings. The fourth-order valence-electron chi connectivity index (χ4n) is 3.48. The van der Waals surface area contributed by atoms with E-state index >= 15 is 0 Å². The van der Waals surface area contributed by atoms with Gasteiger partial charge in [0, 0.05) is 6.54 Å². The summed E-state index contributed by atoms with van der Waals surface area (Å²) < 4.78 is 18.2. The molecule has 0 atom stereocenters. The van der Waals surface area contributed by atoms with E-state index in [1.165, 1.54) is 0 Å². The van der Waals surface area contributed by atoms with Crippen LogP contribution in [0.3, 0.4) is 0 Å². The maximum absolute atomic E-state index is 12.8. The van der Waals surface area contributed by atoms with Crippen LogP contribution >= 0.6 is 0 Å². The Bertz CT molecular complexity index is 1150. The molecule has 9 nitrogen and oxygen atoms in total. The van der Waals surface area contributed by atoms with Crippen LogP contribution in [0.15, 0.2) is 29.1 Å². The summed E-state index contributed by atoms with van der Waals surface area (Å²) in [4.78, 5) is 29.4. The molecule has 0 bridgehead atoms. The maximum atomic E-state index is 12.8. The summed E-state index contributed by atoms with van der Waals surface area (Å²) >= 11 is 0. The van der Waals surface area contributed by atoms with Crippen LogP contribution in [-0.2, 0) is 22.5 Å². The Balaban J connectivity index is 1.55. The molecule has 3 rings (SSSR count). The van der Waals surface area contributed by atoms with Crippen molar-refractivity contribution < 1.29 is 19.0 Å². The molecular formula is C24H32N4O5. The third-order valence-electron chi connectivity index (χ3n) is 5.18. The summed E-state index contributed by atoms with van der Waals surface area (Å²) in [6, 6.07) is 7.05. The normalized spacial score (nSPS) is 11.5. The standard InChI is InChI=1S/C24H32N4O5/c1-6-9-19-20-21(27-26-19)22(29)28(16(3)25-20)14-8-15-32-17-10-12-18(13-11-17)33-24(4,5)23(30)31-7-2/h10-13H,6-9,14-15H2,1-5H3,(H,26,27). The van der Waals surface area contributed by atoms with Crippen molar-refractivity contribution >= 4 is 17.0 Å². The number of aromatic amines is 1. The molecule has 0 aliphatic rings. The van der Waals surface area contributed by atoms with Crippen LogP contribution in [-0.4, -0.2) is 44.5 Å². The highest BCUT2D eigenvalue weighted by Crippen LogP contribution is 2.23. The molecule has 0 spiro atoms. The lowest BCUT2D eigenvalue weighted by Gasteiger charge is -2.24. The van der Waals surface area contributed by atoms with Gasteiger partial charge >= 0.3 is 5.97 Å². The first kappa shape index (κ1) is 24.3. The first-order valence-electron chi connectivity index (χ1n) is 11.3. The molecule has 0 amide bonds. The van der Waals surface area contributed by atoms with E-state index in [0.717, 1.165) is 18.5 Å². The number of hydrogen-bond acceptors (Lipinski definition) is 7. The average molecular weight is 457 g/mol. The zero-order valence-corrected chi connectivity index (χ0v) is 19.9. The number of aryl methyl sites for hydroxylation is 2. The number of fused-ring (bicyclic) bond motifs is 1. The van der Waals surface area contributed by atoms with Gasteiger partial charge in [-0.15, -0.1) is 0 Å². The Labute approximate surface area is 193 Å². The number of carbonyl (C=O) groups excluding carboxylic acids is 1. The second-order valence-electron chi connectivity index (χ2n) is 8.27. The SMILES string of the molecule is CCCc1n[nH]c2c(=O)n(CCCOc3ccc(OC(C)(C)C(=O)OCC)cc3)c(C)nc12. The van der Waals surface area contributed by atoms with Crippen molar-refractivity contribution in [1.82, 2.24) is 19.7 Å². The van der Waals surface area contributed by atoms with Gasteiger partial charge in [0.05, 0.1) is 18.9 Å². The van der Waals surface area contributed by atoms with Gasteiger partial charge in [-0.1, -0.05) is 13.3 Å². The minimum atomic E-state index is -1.08. The van der Waals surface area contributed by atoms with Gasteiger partial charge in [-0.2, -0.15) is 5.10 Å². The van der Waals surface area contributed by atoms with Gasteiger partial charge in [0.1, 0.15) is 28.4 Å². The molecule has 0 unspecified atom stereocenters. The first-order valence-corrected chi connectivity index (χ1v) is 11.3. The molecule has 33 heavy (non-hydrogen) atoms. The fourth-order valence-corrected chi connectivity index (χ4v) is 3.48. The summed E-state index contributed by atoms with van der Waals surface area (Å²) in [6.07, 6.45) is 2.36. The van der Waals surface area contributed by atoms with Crippen LogP contribution in [0.5, 0.6) is 11.5 Å². The van der Waals surface area contributed by atoms with E-state index in [1.54, 1.807) is 49.6 Å². The minimum absolute atomic E-state index is 0.113. The van der Waals surface area contributed by atoms with Gasteiger partial charge in [0.25, 0.3) is 5.56 Å². The molecule has 0 saturated carbocycles. The Morgan fingerprint density at radius 1 is 1.15 bits per heavy atom. The lowest BCUT2D eigenvalue weighted by molar-refractivity contribution is -0.158. The molecule has 0 fully saturated rings. The topological polar surface area (TPSA) is 108 Å². The predicted octanol–water partition coefficient (Wildman–Crippen LogP) is 3.57. The van der Waals surface area contributed by atoms with Crippen LogP contribution in [0.4, 0.5) is 0 Å². The molecule has 1 N–H and O–H groups in total. The number of benzene rings is 1. The number of H-pyrrole nitrogens is 1. The third kappa shape index (κ3) is 5.71. The van der Waals surface area contributed by atoms with Crippen molar-refractivity contribution in [2.45, 2.75) is 66.0 Å². The van der Waals surface area contributed by atoms with Crippen LogP contribution in [0, 0.1) is 6.92 Å². The van der Waals surface area contributed by atoms with E-state index in [9.17, 15) is 9.59 Å². The van der Waals surface area contributed by atoms with Crippen molar-refractivity contribution in [3.63, 3.8) is 0 Å². The number of ether oxygens (including phenoxy) is 3. The predicted molar refractivity (Wildman–Crippen MR) is 125 cm³/mol. The number of nitrogens with one attached hydrogen (secondary N) is 1. The van der Waals surface area contributed by atoms with E-state index in [2.05, 4.69) is 22.1 Å². The van der Waals surface area contributed by atoms with Crippen LogP contribution in [0.25, 0.3) is 11.0 Å². The second-order valence-corrected chi connectivity index (χ2v) is 8.27. The molecule has 1 aromatic carbocycles. The van der Waals surface area contributed by atoms with Gasteiger partial charge in [0.2, 0.25) is 0 Å². The number of carbonyl (C=O) groups is 1. The Morgan fingerprint density at radius 3 is 2.52 bits per heavy atom. The van der Waals surface area contributed by atoms with Gasteiger partial charge in [-0.3, -0.25) is 14.5 Å². The van der Waals surface area contributed by atoms with Crippen molar-refractivity contribution in [2.24, 2.45) is 0 Å². The number of rotatable bonds is 11. The van der Waals surface area contributed by atoms with Crippen molar-refractivity contribution in [3.8, 4) is 11.5 Å². The lowest BCUT2D eigenvalue weighted by atomic mass is 10.1. The second kappa shape index (κ2) is 10.5. The van der Waals surface area contributed by atoms with Crippen LogP contribution < -0.4 is 15.0 Å². The summed E-state index contributed by atoms with van der Waals surface area (Å²) in [5, 5.41) is 7.09. The Hall–Kier alpha value is -3.36. The van der Waals surface area contributed by atoms with Gasteiger partial charge in [-0.05, 0) is 64.8 Å². The largest absolute Gasteiger partial charge is 0.494 e. The van der Waals surface area contributed by atoms with E-state index in [0.29, 0.717) is 54.5 Å². The van der Waals surface area contributed by atoms with Gasteiger partial charge in [0.15, 0.2) is 5.60 Å². The van der Waals surface area contributed by atoms with Crippen molar-refractivity contribution in [1.29, 1.82) is 0 Å². The zero-order valence-electron chi connectivity index (χ0n) is 19.9. The smallest absolute Gasteiger partial charge is 0.349 e. The van der Waals surface area contributed by atoms with Crippen molar-refractivity contribution in [2.75, 3.05) is 13.2 Å². The van der Waals surface area contributed by atoms with Crippen molar-refractivity contribution in [3.05, 3.63) is 46.1 Å². The quantitative estimate of drug-likeness (QED) is 0.347. The molecular weight excluding hydrogens is 424 g/mol. The molecule has 0 radical (unpaired) electrons.